The number of rotatable bonds is 4. The molecule has 0 fully saturated rings. The van der Waals surface area contributed by atoms with Crippen LogP contribution in [-0.4, -0.2) is 22.1 Å². The molecule has 1 N–H and O–H groups in total. The van der Waals surface area contributed by atoms with Crippen molar-refractivity contribution in [2.24, 2.45) is 0 Å². The molecule has 5 nitrogen and oxygen atoms in total. The molecule has 88 valence electrons. The first-order chi connectivity index (χ1) is 8.28. The number of ether oxygens (including phenoxy) is 1. The normalized spacial score (nSPS) is 10.0. The molecule has 2 heterocycles. The third kappa shape index (κ3) is 3.14. The number of aryl methyl sites for hydroxylation is 1. The zero-order valence-electron chi connectivity index (χ0n) is 9.84. The third-order valence-corrected chi connectivity index (χ3v) is 2.29. The van der Waals surface area contributed by atoms with E-state index in [2.05, 4.69) is 20.3 Å². The number of methoxy groups -OCH3 is 1. The van der Waals surface area contributed by atoms with Crippen molar-refractivity contribution in [3.8, 4) is 5.75 Å². The molecule has 0 amide bonds. The fraction of sp³-hybridized carbons (Fsp3) is 0.250. The summed E-state index contributed by atoms with van der Waals surface area (Å²) in [5.41, 5.74) is 2.10. The van der Waals surface area contributed by atoms with Gasteiger partial charge in [-0.25, -0.2) is 9.97 Å². The first-order valence-corrected chi connectivity index (χ1v) is 5.29. The summed E-state index contributed by atoms with van der Waals surface area (Å²) in [5.74, 6) is 1.22. The van der Waals surface area contributed by atoms with Crippen LogP contribution in [0.3, 0.4) is 0 Å². The van der Waals surface area contributed by atoms with Gasteiger partial charge >= 0.3 is 0 Å². The molecule has 2 aromatic heterocycles. The minimum Gasteiger partial charge on any atom is -0.494 e. The van der Waals surface area contributed by atoms with Crippen molar-refractivity contribution in [3.05, 3.63) is 42.0 Å². The second-order valence-electron chi connectivity index (χ2n) is 3.61. The smallest absolute Gasteiger partial charge is 0.223 e. The van der Waals surface area contributed by atoms with Crippen molar-refractivity contribution in [2.75, 3.05) is 12.4 Å². The predicted octanol–water partition coefficient (Wildman–Crippen LogP) is 1.80. The van der Waals surface area contributed by atoms with E-state index >= 15 is 0 Å². The summed E-state index contributed by atoms with van der Waals surface area (Å²) < 4.78 is 4.98. The summed E-state index contributed by atoms with van der Waals surface area (Å²) in [7, 11) is 1.59. The first-order valence-electron chi connectivity index (χ1n) is 5.29. The van der Waals surface area contributed by atoms with Crippen LogP contribution in [-0.2, 0) is 6.54 Å². The fourth-order valence-electron chi connectivity index (χ4n) is 1.30. The summed E-state index contributed by atoms with van der Waals surface area (Å²) >= 11 is 0. The number of anilines is 1. The molecule has 0 aromatic carbocycles. The molecular formula is C12H14N4O. The topological polar surface area (TPSA) is 59.9 Å². The van der Waals surface area contributed by atoms with E-state index < -0.39 is 0 Å². The van der Waals surface area contributed by atoms with Gasteiger partial charge in [0.1, 0.15) is 0 Å². The van der Waals surface area contributed by atoms with Gasteiger partial charge < -0.3 is 10.1 Å². The molecule has 0 saturated carbocycles. The van der Waals surface area contributed by atoms with Gasteiger partial charge in [0, 0.05) is 18.4 Å². The highest BCUT2D eigenvalue weighted by atomic mass is 16.5. The second-order valence-corrected chi connectivity index (χ2v) is 3.61. The Bertz CT molecular complexity index is 467. The summed E-state index contributed by atoms with van der Waals surface area (Å²) in [5, 5.41) is 3.11. The van der Waals surface area contributed by atoms with Crippen molar-refractivity contribution >= 4 is 5.95 Å². The lowest BCUT2D eigenvalue weighted by Gasteiger charge is -2.05. The van der Waals surface area contributed by atoms with Crippen LogP contribution in [0.5, 0.6) is 5.75 Å². The predicted molar refractivity (Wildman–Crippen MR) is 64.9 cm³/mol. The number of hydrogen-bond acceptors (Lipinski definition) is 5. The quantitative estimate of drug-likeness (QED) is 0.867. The second kappa shape index (κ2) is 5.25. The SMILES string of the molecule is COc1cnc(NCc2ccc(C)nc2)nc1. The van der Waals surface area contributed by atoms with E-state index in [-0.39, 0.29) is 0 Å². The monoisotopic (exact) mass is 230 g/mol. The van der Waals surface area contributed by atoms with Crippen LogP contribution in [0.15, 0.2) is 30.7 Å². The van der Waals surface area contributed by atoms with Gasteiger partial charge in [-0.15, -0.1) is 0 Å². The zero-order valence-corrected chi connectivity index (χ0v) is 9.84. The molecule has 5 heteroatoms. The molecule has 0 aliphatic heterocycles. The van der Waals surface area contributed by atoms with Crippen LogP contribution in [0, 0.1) is 6.92 Å². The van der Waals surface area contributed by atoms with Crippen molar-refractivity contribution in [3.63, 3.8) is 0 Å². The average molecular weight is 230 g/mol. The minimum absolute atomic E-state index is 0.575. The number of nitrogens with zero attached hydrogens (tertiary/aromatic N) is 3. The molecule has 2 rings (SSSR count). The van der Waals surface area contributed by atoms with Gasteiger partial charge in [-0.2, -0.15) is 0 Å². The van der Waals surface area contributed by atoms with Gasteiger partial charge in [-0.05, 0) is 18.6 Å². The van der Waals surface area contributed by atoms with Gasteiger partial charge in [0.25, 0.3) is 0 Å². The lowest BCUT2D eigenvalue weighted by Crippen LogP contribution is -2.03. The highest BCUT2D eigenvalue weighted by Gasteiger charge is 1.98. The van der Waals surface area contributed by atoms with Crippen LogP contribution < -0.4 is 10.1 Å². The van der Waals surface area contributed by atoms with E-state index in [1.807, 2.05) is 25.3 Å². The Hall–Kier alpha value is -2.17. The zero-order chi connectivity index (χ0) is 12.1. The van der Waals surface area contributed by atoms with Crippen LogP contribution in [0.25, 0.3) is 0 Å². The van der Waals surface area contributed by atoms with Gasteiger partial charge in [0.15, 0.2) is 5.75 Å². The van der Waals surface area contributed by atoms with Crippen molar-refractivity contribution in [1.82, 2.24) is 15.0 Å². The van der Waals surface area contributed by atoms with Gasteiger partial charge in [0.2, 0.25) is 5.95 Å². The number of hydrogen-bond donors (Lipinski definition) is 1. The van der Waals surface area contributed by atoms with E-state index in [9.17, 15) is 0 Å². The third-order valence-electron chi connectivity index (χ3n) is 2.29. The van der Waals surface area contributed by atoms with Crippen LogP contribution in [0.1, 0.15) is 11.3 Å². The van der Waals surface area contributed by atoms with E-state index in [0.717, 1.165) is 11.3 Å². The molecule has 0 unspecified atom stereocenters. The summed E-state index contributed by atoms with van der Waals surface area (Å²) in [6.45, 7) is 2.61. The molecule has 0 atom stereocenters. The molecular weight excluding hydrogens is 216 g/mol. The van der Waals surface area contributed by atoms with E-state index in [4.69, 9.17) is 4.74 Å². The summed E-state index contributed by atoms with van der Waals surface area (Å²) in [6.07, 6.45) is 5.09. The minimum atomic E-state index is 0.575. The largest absolute Gasteiger partial charge is 0.494 e. The van der Waals surface area contributed by atoms with E-state index in [0.29, 0.717) is 18.2 Å². The van der Waals surface area contributed by atoms with Crippen molar-refractivity contribution in [2.45, 2.75) is 13.5 Å². The highest BCUT2D eigenvalue weighted by Crippen LogP contribution is 2.08. The molecule has 2 aromatic rings. The maximum atomic E-state index is 4.98. The average Bonchev–Trinajstić information content (AvgIpc) is 2.39. The Morgan fingerprint density at radius 1 is 1.12 bits per heavy atom. The van der Waals surface area contributed by atoms with Gasteiger partial charge in [-0.1, -0.05) is 6.07 Å². The van der Waals surface area contributed by atoms with Gasteiger partial charge in [0.05, 0.1) is 19.5 Å². The van der Waals surface area contributed by atoms with Gasteiger partial charge in [-0.3, -0.25) is 4.98 Å². The lowest BCUT2D eigenvalue weighted by molar-refractivity contribution is 0.411. The molecule has 0 bridgehead atoms. The highest BCUT2D eigenvalue weighted by molar-refractivity contribution is 5.28. The number of nitrogens with one attached hydrogen (secondary N) is 1. The molecule has 0 saturated heterocycles. The van der Waals surface area contributed by atoms with E-state index in [1.54, 1.807) is 19.5 Å². The first kappa shape index (κ1) is 11.3. The molecule has 0 aliphatic rings. The Labute approximate surface area is 99.9 Å². The Balaban J connectivity index is 1.95. The fourth-order valence-corrected chi connectivity index (χ4v) is 1.30. The van der Waals surface area contributed by atoms with Crippen LogP contribution >= 0.6 is 0 Å². The van der Waals surface area contributed by atoms with Crippen molar-refractivity contribution < 1.29 is 4.74 Å². The van der Waals surface area contributed by atoms with Crippen LogP contribution in [0.2, 0.25) is 0 Å². The lowest BCUT2D eigenvalue weighted by atomic mass is 10.2. The number of aromatic nitrogens is 3. The molecule has 0 radical (unpaired) electrons. The Morgan fingerprint density at radius 3 is 2.47 bits per heavy atom. The molecule has 0 aliphatic carbocycles. The van der Waals surface area contributed by atoms with Crippen LogP contribution in [0.4, 0.5) is 5.95 Å². The maximum Gasteiger partial charge on any atom is 0.223 e. The summed E-state index contributed by atoms with van der Waals surface area (Å²) in [6, 6.07) is 4.00. The standard InChI is InChI=1S/C12H14N4O/c1-9-3-4-10(5-13-9)6-14-12-15-7-11(17-2)8-16-12/h3-5,7-8H,6H2,1-2H3,(H,14,15,16). The molecule has 0 spiro atoms. The summed E-state index contributed by atoms with van der Waals surface area (Å²) in [4.78, 5) is 12.4. The number of pyridine rings is 1. The van der Waals surface area contributed by atoms with E-state index in [1.165, 1.54) is 0 Å². The molecule has 17 heavy (non-hydrogen) atoms. The Morgan fingerprint density at radius 2 is 1.88 bits per heavy atom. The maximum absolute atomic E-state index is 4.98. The Kier molecular flexibility index (Phi) is 3.49. The van der Waals surface area contributed by atoms with Crippen molar-refractivity contribution in [1.29, 1.82) is 0 Å².